The first kappa shape index (κ1) is 19.8. The number of carbonyl (C=O) groups excluding carboxylic acids is 2. The molecule has 2 atom stereocenters. The molecule has 2 aliphatic rings. The lowest BCUT2D eigenvalue weighted by Crippen LogP contribution is -2.39. The molecule has 0 unspecified atom stereocenters. The number of hydrogen-bond acceptors (Lipinski definition) is 7. The minimum Gasteiger partial charge on any atom is -0.548 e. The van der Waals surface area contributed by atoms with E-state index in [1.807, 2.05) is 35.2 Å². The molecule has 2 fully saturated rings. The average molecular weight is 411 g/mol. The molecule has 2 aliphatic heterocycles. The summed E-state index contributed by atoms with van der Waals surface area (Å²) in [4.78, 5) is 28.2. The molecule has 0 aliphatic carbocycles. The summed E-state index contributed by atoms with van der Waals surface area (Å²) in [5, 5.41) is 10.7. The molecule has 0 radical (unpaired) electrons. The number of hydrogen-bond donors (Lipinski definition) is 0. The number of ether oxygens (including phenoxy) is 1. The van der Waals surface area contributed by atoms with Crippen LogP contribution in [0.3, 0.4) is 0 Å². The van der Waals surface area contributed by atoms with E-state index in [0.717, 1.165) is 5.56 Å². The van der Waals surface area contributed by atoms with Gasteiger partial charge in [-0.1, -0.05) is 42.1 Å². The summed E-state index contributed by atoms with van der Waals surface area (Å²) in [6, 6.07) is 9.56. The fourth-order valence-electron chi connectivity index (χ4n) is 3.15. The van der Waals surface area contributed by atoms with Crippen molar-refractivity contribution in [3.8, 4) is 0 Å². The molecule has 27 heavy (non-hydrogen) atoms. The van der Waals surface area contributed by atoms with Crippen LogP contribution in [0.5, 0.6) is 0 Å². The van der Waals surface area contributed by atoms with Crippen LogP contribution in [0.2, 0.25) is 0 Å². The quantitative estimate of drug-likeness (QED) is 0.566. The number of thioether (sulfide) groups is 1. The second kappa shape index (κ2) is 8.41. The van der Waals surface area contributed by atoms with Crippen LogP contribution in [0, 0.1) is 0 Å². The van der Waals surface area contributed by atoms with Gasteiger partial charge in [0.05, 0.1) is 30.1 Å². The van der Waals surface area contributed by atoms with Crippen molar-refractivity contribution in [2.75, 3.05) is 31.3 Å². The Morgan fingerprint density at radius 3 is 2.67 bits per heavy atom. The van der Waals surface area contributed by atoms with Gasteiger partial charge < -0.3 is 19.5 Å². The minimum absolute atomic E-state index is 0.0495. The number of carboxylic acid groups (broad SMARTS) is 1. The molecule has 1 aromatic carbocycles. The van der Waals surface area contributed by atoms with Crippen LogP contribution in [0.1, 0.15) is 5.56 Å². The van der Waals surface area contributed by atoms with Crippen LogP contribution in [0.4, 0.5) is 0 Å². The van der Waals surface area contributed by atoms with Crippen LogP contribution in [0.25, 0.3) is 0 Å². The van der Waals surface area contributed by atoms with Gasteiger partial charge in [-0.25, -0.2) is 8.42 Å². The Morgan fingerprint density at radius 1 is 1.22 bits per heavy atom. The maximum absolute atomic E-state index is 12.0. The van der Waals surface area contributed by atoms with Gasteiger partial charge in [0.15, 0.2) is 15.0 Å². The van der Waals surface area contributed by atoms with E-state index in [4.69, 9.17) is 4.74 Å². The van der Waals surface area contributed by atoms with Crippen LogP contribution in [0.15, 0.2) is 35.3 Å². The molecule has 2 saturated heterocycles. The Labute approximate surface area is 161 Å². The Morgan fingerprint density at radius 2 is 1.96 bits per heavy atom. The Hall–Kier alpha value is -1.91. The summed E-state index contributed by atoms with van der Waals surface area (Å²) >= 11 is 1.29. The Kier molecular flexibility index (Phi) is 6.18. The number of amidine groups is 1. The van der Waals surface area contributed by atoms with E-state index in [-0.39, 0.29) is 22.8 Å². The van der Waals surface area contributed by atoms with E-state index < -0.39 is 34.9 Å². The molecule has 0 saturated carbocycles. The SMILES string of the molecule is O=C([O-])COCC(=O)N=C1S[C@H]2CS(=O)(=O)C[C@H]2N1CCc1ccccc1. The molecule has 3 rings (SSSR count). The highest BCUT2D eigenvalue weighted by Crippen LogP contribution is 2.38. The summed E-state index contributed by atoms with van der Waals surface area (Å²) in [5.41, 5.74) is 1.11. The number of benzene rings is 1. The van der Waals surface area contributed by atoms with Gasteiger partial charge in [0.1, 0.15) is 6.61 Å². The lowest BCUT2D eigenvalue weighted by atomic mass is 10.1. The van der Waals surface area contributed by atoms with E-state index in [2.05, 4.69) is 4.99 Å². The van der Waals surface area contributed by atoms with Crippen molar-refractivity contribution in [3.63, 3.8) is 0 Å². The van der Waals surface area contributed by atoms with Crippen LogP contribution in [-0.4, -0.2) is 72.9 Å². The first-order valence-corrected chi connectivity index (χ1v) is 11.1. The molecule has 146 valence electrons. The second-order valence-corrected chi connectivity index (χ2v) is 9.74. The van der Waals surface area contributed by atoms with Crippen LogP contribution in [-0.2, 0) is 30.6 Å². The molecule has 10 heteroatoms. The van der Waals surface area contributed by atoms with Gasteiger partial charge in [-0.2, -0.15) is 4.99 Å². The molecular weight excluding hydrogens is 392 g/mol. The first-order valence-electron chi connectivity index (χ1n) is 8.41. The molecule has 0 spiro atoms. The molecular formula is C17H19N2O6S2-. The van der Waals surface area contributed by atoms with Crippen molar-refractivity contribution in [3.05, 3.63) is 35.9 Å². The predicted molar refractivity (Wildman–Crippen MR) is 98.9 cm³/mol. The summed E-state index contributed by atoms with van der Waals surface area (Å²) in [5.74, 6) is -1.90. The molecule has 8 nitrogen and oxygen atoms in total. The van der Waals surface area contributed by atoms with Crippen molar-refractivity contribution in [2.45, 2.75) is 17.7 Å². The normalized spacial score (nSPS) is 24.9. The zero-order chi connectivity index (χ0) is 19.4. The maximum atomic E-state index is 12.0. The number of aliphatic carboxylic acids is 1. The zero-order valence-electron chi connectivity index (χ0n) is 14.4. The molecule has 0 N–H and O–H groups in total. The Balaban J connectivity index is 1.70. The van der Waals surface area contributed by atoms with Gasteiger partial charge >= 0.3 is 0 Å². The molecule has 2 heterocycles. The second-order valence-electron chi connectivity index (χ2n) is 6.38. The molecule has 0 aromatic heterocycles. The highest BCUT2D eigenvalue weighted by Gasteiger charge is 2.48. The largest absolute Gasteiger partial charge is 0.548 e. The Bertz CT molecular complexity index is 840. The topological polar surface area (TPSA) is 116 Å². The number of sulfone groups is 1. The predicted octanol–water partition coefficient (Wildman–Crippen LogP) is -0.907. The average Bonchev–Trinajstić information content (AvgIpc) is 3.04. The fourth-order valence-corrected chi connectivity index (χ4v) is 7.15. The molecule has 0 bridgehead atoms. The minimum atomic E-state index is -3.10. The molecule has 1 amide bonds. The molecule has 1 aromatic rings. The third-order valence-corrected chi connectivity index (χ3v) is 7.57. The van der Waals surface area contributed by atoms with Crippen LogP contribution < -0.4 is 5.11 Å². The standard InChI is InChI=1S/C17H20N2O6S2/c20-15(8-25-9-16(21)22)18-17-19(7-6-12-4-2-1-3-5-12)13-10-27(23,24)11-14(13)26-17/h1-5,13-14H,6-11H2,(H,21,22)/p-1/t13-,14+/m1/s1. The fraction of sp³-hybridized carbons (Fsp3) is 0.471. The van der Waals surface area contributed by atoms with E-state index in [1.165, 1.54) is 11.8 Å². The van der Waals surface area contributed by atoms with Crippen molar-refractivity contribution in [2.24, 2.45) is 4.99 Å². The number of carbonyl (C=O) groups is 2. The third-order valence-electron chi connectivity index (χ3n) is 4.32. The van der Waals surface area contributed by atoms with Crippen molar-refractivity contribution >= 4 is 38.6 Å². The highest BCUT2D eigenvalue weighted by molar-refractivity contribution is 8.15. The van der Waals surface area contributed by atoms with Crippen molar-refractivity contribution in [1.29, 1.82) is 0 Å². The number of amides is 1. The third kappa shape index (κ3) is 5.30. The van der Waals surface area contributed by atoms with E-state index in [1.54, 1.807) is 0 Å². The van der Waals surface area contributed by atoms with E-state index >= 15 is 0 Å². The van der Waals surface area contributed by atoms with E-state index in [9.17, 15) is 23.1 Å². The zero-order valence-corrected chi connectivity index (χ0v) is 16.1. The summed E-state index contributed by atoms with van der Waals surface area (Å²) < 4.78 is 28.7. The number of fused-ring (bicyclic) bond motifs is 1. The number of carboxylic acids is 1. The number of nitrogens with zero attached hydrogens (tertiary/aromatic N) is 2. The lowest BCUT2D eigenvalue weighted by Gasteiger charge is -2.24. The summed E-state index contributed by atoms with van der Waals surface area (Å²) in [7, 11) is -3.10. The van der Waals surface area contributed by atoms with Gasteiger partial charge in [-0.15, -0.1) is 0 Å². The van der Waals surface area contributed by atoms with Crippen molar-refractivity contribution < 1.29 is 27.9 Å². The first-order chi connectivity index (χ1) is 12.8. The van der Waals surface area contributed by atoms with Gasteiger partial charge in [0, 0.05) is 11.8 Å². The summed E-state index contributed by atoms with van der Waals surface area (Å²) in [6.45, 7) is -0.594. The monoisotopic (exact) mass is 411 g/mol. The van der Waals surface area contributed by atoms with Gasteiger partial charge in [0.25, 0.3) is 5.91 Å². The van der Waals surface area contributed by atoms with Crippen LogP contribution >= 0.6 is 11.8 Å². The highest BCUT2D eigenvalue weighted by atomic mass is 32.2. The van der Waals surface area contributed by atoms with Crippen molar-refractivity contribution in [1.82, 2.24) is 4.90 Å². The number of aliphatic imine (C=N–C) groups is 1. The van der Waals surface area contributed by atoms with Gasteiger partial charge in [0.2, 0.25) is 0 Å². The van der Waals surface area contributed by atoms with Gasteiger partial charge in [-0.05, 0) is 12.0 Å². The van der Waals surface area contributed by atoms with E-state index in [0.29, 0.717) is 18.1 Å². The maximum Gasteiger partial charge on any atom is 0.274 e. The smallest absolute Gasteiger partial charge is 0.274 e. The lowest BCUT2D eigenvalue weighted by molar-refractivity contribution is -0.309. The van der Waals surface area contributed by atoms with Gasteiger partial charge in [-0.3, -0.25) is 4.79 Å². The number of rotatable bonds is 7. The summed E-state index contributed by atoms with van der Waals surface area (Å²) in [6.07, 6.45) is 0.694.